The minimum Gasteiger partial charge on any atom is -0.311 e. The predicted molar refractivity (Wildman–Crippen MR) is 84.5 cm³/mol. The first kappa shape index (κ1) is 15.5. The molecule has 0 radical (unpaired) electrons. The summed E-state index contributed by atoms with van der Waals surface area (Å²) in [6.45, 7) is 12.6. The summed E-state index contributed by atoms with van der Waals surface area (Å²) in [5, 5.41) is 3.74. The minimum atomic E-state index is 0.604. The summed E-state index contributed by atoms with van der Waals surface area (Å²) in [6.07, 6.45) is 5.09. The first-order valence-electron chi connectivity index (χ1n) is 7.98. The summed E-state index contributed by atoms with van der Waals surface area (Å²) in [4.78, 5) is 6.91. The average molecular weight is 275 g/mol. The maximum Gasteiger partial charge on any atom is 0.0312 e. The molecule has 1 aromatic rings. The normalized spacial score (nSPS) is 25.9. The van der Waals surface area contributed by atoms with Crippen molar-refractivity contribution in [1.29, 1.82) is 0 Å². The summed E-state index contributed by atoms with van der Waals surface area (Å²) in [6, 6.07) is 5.46. The van der Waals surface area contributed by atoms with Gasteiger partial charge in [0.15, 0.2) is 0 Å². The van der Waals surface area contributed by atoms with Crippen LogP contribution in [0.3, 0.4) is 0 Å². The second-order valence-electron chi connectivity index (χ2n) is 6.50. The largest absolute Gasteiger partial charge is 0.311 e. The topological polar surface area (TPSA) is 28.2 Å². The molecule has 1 saturated heterocycles. The van der Waals surface area contributed by atoms with E-state index < -0.39 is 0 Å². The Bertz CT molecular complexity index is 390. The van der Waals surface area contributed by atoms with Crippen LogP contribution in [0.2, 0.25) is 0 Å². The number of nitrogens with zero attached hydrogens (tertiary/aromatic N) is 2. The fourth-order valence-corrected chi connectivity index (χ4v) is 3.04. The highest BCUT2D eigenvalue weighted by Gasteiger charge is 2.31. The Morgan fingerprint density at radius 3 is 2.80 bits per heavy atom. The van der Waals surface area contributed by atoms with Gasteiger partial charge in [0, 0.05) is 44.1 Å². The molecule has 3 unspecified atom stereocenters. The standard InChI is InChI=1S/C17H29N3/c1-5-14(4)17-10-19-16(13(2)3)12-20(17)11-15-7-6-8-18-9-15/h6-9,13-14,16-17,19H,5,10-12H2,1-4H3. The van der Waals surface area contributed by atoms with Gasteiger partial charge >= 0.3 is 0 Å². The van der Waals surface area contributed by atoms with Crippen molar-refractivity contribution in [2.45, 2.75) is 52.7 Å². The number of hydrogen-bond donors (Lipinski definition) is 1. The summed E-state index contributed by atoms with van der Waals surface area (Å²) >= 11 is 0. The van der Waals surface area contributed by atoms with Gasteiger partial charge in [0.2, 0.25) is 0 Å². The van der Waals surface area contributed by atoms with Gasteiger partial charge in [-0.2, -0.15) is 0 Å². The highest BCUT2D eigenvalue weighted by atomic mass is 15.2. The van der Waals surface area contributed by atoms with Crippen molar-refractivity contribution in [1.82, 2.24) is 15.2 Å². The molecule has 0 spiro atoms. The first-order valence-corrected chi connectivity index (χ1v) is 7.98. The summed E-state index contributed by atoms with van der Waals surface area (Å²) in [7, 11) is 0. The predicted octanol–water partition coefficient (Wildman–Crippen LogP) is 2.93. The van der Waals surface area contributed by atoms with Crippen LogP contribution in [0.25, 0.3) is 0 Å². The van der Waals surface area contributed by atoms with Crippen LogP contribution in [0.15, 0.2) is 24.5 Å². The Morgan fingerprint density at radius 1 is 1.40 bits per heavy atom. The zero-order chi connectivity index (χ0) is 14.5. The monoisotopic (exact) mass is 275 g/mol. The fourth-order valence-electron chi connectivity index (χ4n) is 3.04. The molecule has 0 amide bonds. The molecule has 112 valence electrons. The Kier molecular flexibility index (Phi) is 5.55. The lowest BCUT2D eigenvalue weighted by Gasteiger charge is -2.44. The van der Waals surface area contributed by atoms with E-state index in [1.54, 1.807) is 0 Å². The molecule has 1 aliphatic rings. The molecule has 2 rings (SSSR count). The third-order valence-electron chi connectivity index (χ3n) is 4.70. The zero-order valence-corrected chi connectivity index (χ0v) is 13.3. The van der Waals surface area contributed by atoms with E-state index in [-0.39, 0.29) is 0 Å². The highest BCUT2D eigenvalue weighted by molar-refractivity contribution is 5.09. The van der Waals surface area contributed by atoms with Gasteiger partial charge in [-0.15, -0.1) is 0 Å². The quantitative estimate of drug-likeness (QED) is 0.895. The van der Waals surface area contributed by atoms with Gasteiger partial charge in [-0.1, -0.05) is 40.2 Å². The van der Waals surface area contributed by atoms with Crippen molar-refractivity contribution in [3.8, 4) is 0 Å². The van der Waals surface area contributed by atoms with E-state index in [0.29, 0.717) is 18.0 Å². The number of rotatable bonds is 5. The van der Waals surface area contributed by atoms with E-state index in [0.717, 1.165) is 25.6 Å². The number of piperazine rings is 1. The van der Waals surface area contributed by atoms with Crippen LogP contribution in [0.5, 0.6) is 0 Å². The van der Waals surface area contributed by atoms with Gasteiger partial charge in [-0.05, 0) is 23.5 Å². The number of nitrogens with one attached hydrogen (secondary N) is 1. The number of aromatic nitrogens is 1. The van der Waals surface area contributed by atoms with Gasteiger partial charge < -0.3 is 5.32 Å². The van der Waals surface area contributed by atoms with Crippen LogP contribution in [0.4, 0.5) is 0 Å². The van der Waals surface area contributed by atoms with Gasteiger partial charge in [-0.25, -0.2) is 0 Å². The third-order valence-corrected chi connectivity index (χ3v) is 4.70. The van der Waals surface area contributed by atoms with Crippen molar-refractivity contribution in [3.63, 3.8) is 0 Å². The SMILES string of the molecule is CCC(C)C1CNC(C(C)C)CN1Cc1cccnc1. The zero-order valence-electron chi connectivity index (χ0n) is 13.3. The molecular weight excluding hydrogens is 246 g/mol. The van der Waals surface area contributed by atoms with E-state index in [2.05, 4.69) is 49.0 Å². The lowest BCUT2D eigenvalue weighted by molar-refractivity contribution is 0.0721. The van der Waals surface area contributed by atoms with E-state index in [4.69, 9.17) is 0 Å². The van der Waals surface area contributed by atoms with Crippen molar-refractivity contribution < 1.29 is 0 Å². The van der Waals surface area contributed by atoms with Crippen molar-refractivity contribution >= 4 is 0 Å². The van der Waals surface area contributed by atoms with Crippen LogP contribution >= 0.6 is 0 Å². The second kappa shape index (κ2) is 7.19. The Hall–Kier alpha value is -0.930. The lowest BCUT2D eigenvalue weighted by atomic mass is 9.91. The molecule has 3 heteroatoms. The maximum absolute atomic E-state index is 4.25. The molecule has 2 heterocycles. The maximum atomic E-state index is 4.25. The molecular formula is C17H29N3. The van der Waals surface area contributed by atoms with E-state index >= 15 is 0 Å². The van der Waals surface area contributed by atoms with Crippen molar-refractivity contribution in [2.24, 2.45) is 11.8 Å². The lowest BCUT2D eigenvalue weighted by Crippen LogP contribution is -2.59. The minimum absolute atomic E-state index is 0.604. The molecule has 0 saturated carbocycles. The van der Waals surface area contributed by atoms with E-state index in [1.165, 1.54) is 12.0 Å². The van der Waals surface area contributed by atoms with Crippen molar-refractivity contribution in [3.05, 3.63) is 30.1 Å². The number of hydrogen-bond acceptors (Lipinski definition) is 3. The molecule has 0 bridgehead atoms. The van der Waals surface area contributed by atoms with Gasteiger partial charge in [0.1, 0.15) is 0 Å². The molecule has 1 fully saturated rings. The molecule has 0 aliphatic carbocycles. The van der Waals surface area contributed by atoms with Gasteiger partial charge in [-0.3, -0.25) is 9.88 Å². The number of pyridine rings is 1. The smallest absolute Gasteiger partial charge is 0.0312 e. The van der Waals surface area contributed by atoms with Crippen LogP contribution in [0.1, 0.15) is 39.7 Å². The summed E-state index contributed by atoms with van der Waals surface area (Å²) in [5.74, 6) is 1.41. The second-order valence-corrected chi connectivity index (χ2v) is 6.50. The molecule has 3 atom stereocenters. The van der Waals surface area contributed by atoms with Crippen LogP contribution in [-0.2, 0) is 6.54 Å². The first-order chi connectivity index (χ1) is 9.61. The van der Waals surface area contributed by atoms with E-state index in [1.807, 2.05) is 18.5 Å². The Balaban J connectivity index is 2.09. The van der Waals surface area contributed by atoms with Gasteiger partial charge in [0.05, 0.1) is 0 Å². The highest BCUT2D eigenvalue weighted by Crippen LogP contribution is 2.22. The van der Waals surface area contributed by atoms with Gasteiger partial charge in [0.25, 0.3) is 0 Å². The molecule has 20 heavy (non-hydrogen) atoms. The third kappa shape index (κ3) is 3.80. The van der Waals surface area contributed by atoms with Crippen molar-refractivity contribution in [2.75, 3.05) is 13.1 Å². The molecule has 0 aromatic carbocycles. The molecule has 1 aromatic heterocycles. The van der Waals surface area contributed by atoms with Crippen LogP contribution in [0, 0.1) is 11.8 Å². The Labute approximate surface area is 123 Å². The molecule has 3 nitrogen and oxygen atoms in total. The molecule has 1 N–H and O–H groups in total. The Morgan fingerprint density at radius 2 is 2.20 bits per heavy atom. The fraction of sp³-hybridized carbons (Fsp3) is 0.706. The van der Waals surface area contributed by atoms with E-state index in [9.17, 15) is 0 Å². The summed E-state index contributed by atoms with van der Waals surface area (Å²) < 4.78 is 0. The molecule has 1 aliphatic heterocycles. The summed E-state index contributed by atoms with van der Waals surface area (Å²) in [5.41, 5.74) is 1.32. The van der Waals surface area contributed by atoms with Crippen LogP contribution in [-0.4, -0.2) is 35.1 Å². The average Bonchev–Trinajstić information content (AvgIpc) is 2.47. The van der Waals surface area contributed by atoms with Crippen LogP contribution < -0.4 is 5.32 Å².